The van der Waals surface area contributed by atoms with E-state index in [0.717, 1.165) is 59.9 Å². The van der Waals surface area contributed by atoms with Crippen molar-refractivity contribution in [2.24, 2.45) is 0 Å². The molecule has 1 N–H and O–H groups in total. The monoisotopic (exact) mass is 403 g/mol. The maximum Gasteiger partial charge on any atom is 0.143 e. The molecule has 21 heavy (non-hydrogen) atoms. The van der Waals surface area contributed by atoms with Crippen molar-refractivity contribution in [2.45, 2.75) is 32.7 Å². The summed E-state index contributed by atoms with van der Waals surface area (Å²) >= 11 is 2.35. The van der Waals surface area contributed by atoms with E-state index in [2.05, 4.69) is 65.7 Å². The summed E-state index contributed by atoms with van der Waals surface area (Å²) in [6.45, 7) is 8.50. The number of nitrogens with zero attached hydrogens (tertiary/aromatic N) is 4. The Bertz CT molecular complexity index is 479. The summed E-state index contributed by atoms with van der Waals surface area (Å²) in [6, 6.07) is 0.503. The number of likely N-dealkylation sites (N-methyl/N-ethyl adjacent to an activating group) is 2. The highest BCUT2D eigenvalue weighted by molar-refractivity contribution is 14.1. The smallest absolute Gasteiger partial charge is 0.143 e. The number of halogens is 1. The van der Waals surface area contributed by atoms with Gasteiger partial charge in [-0.3, -0.25) is 0 Å². The van der Waals surface area contributed by atoms with Gasteiger partial charge in [-0.1, -0.05) is 6.92 Å². The van der Waals surface area contributed by atoms with Crippen molar-refractivity contribution < 1.29 is 0 Å². The van der Waals surface area contributed by atoms with Crippen LogP contribution in [-0.2, 0) is 12.8 Å². The van der Waals surface area contributed by atoms with E-state index in [4.69, 9.17) is 9.97 Å². The molecule has 2 heterocycles. The van der Waals surface area contributed by atoms with Crippen molar-refractivity contribution in [1.29, 1.82) is 0 Å². The van der Waals surface area contributed by atoms with Crippen molar-refractivity contribution in [3.05, 3.63) is 15.1 Å². The van der Waals surface area contributed by atoms with Gasteiger partial charge in [-0.25, -0.2) is 9.97 Å². The van der Waals surface area contributed by atoms with Crippen molar-refractivity contribution >= 4 is 28.4 Å². The molecule has 1 fully saturated rings. The number of aromatic nitrogens is 2. The average molecular weight is 403 g/mol. The summed E-state index contributed by atoms with van der Waals surface area (Å²) < 4.78 is 1.16. The molecule has 0 amide bonds. The average Bonchev–Trinajstić information content (AvgIpc) is 2.46. The molecule has 1 saturated heterocycles. The van der Waals surface area contributed by atoms with Gasteiger partial charge in [0.05, 0.1) is 9.26 Å². The topological polar surface area (TPSA) is 44.3 Å². The predicted octanol–water partition coefficient (Wildman–Crippen LogP) is 1.86. The van der Waals surface area contributed by atoms with Crippen LogP contribution in [0.15, 0.2) is 0 Å². The SMILES string of the molecule is CCNc1nc(CC2CN(C)CCN2C)nc(CC)c1I. The number of piperazine rings is 1. The van der Waals surface area contributed by atoms with E-state index in [-0.39, 0.29) is 0 Å². The lowest BCUT2D eigenvalue weighted by atomic mass is 10.1. The third-order valence-corrected chi connectivity index (χ3v) is 5.18. The van der Waals surface area contributed by atoms with E-state index in [1.54, 1.807) is 0 Å². The van der Waals surface area contributed by atoms with Gasteiger partial charge < -0.3 is 15.1 Å². The molecule has 0 radical (unpaired) electrons. The zero-order valence-electron chi connectivity index (χ0n) is 13.5. The maximum absolute atomic E-state index is 4.78. The van der Waals surface area contributed by atoms with Gasteiger partial charge in [0.2, 0.25) is 0 Å². The quantitative estimate of drug-likeness (QED) is 0.761. The molecule has 1 aliphatic heterocycles. The fourth-order valence-electron chi connectivity index (χ4n) is 2.69. The van der Waals surface area contributed by atoms with Gasteiger partial charge in [-0.15, -0.1) is 0 Å². The van der Waals surface area contributed by atoms with E-state index in [1.165, 1.54) is 0 Å². The van der Waals surface area contributed by atoms with Gasteiger partial charge in [-0.2, -0.15) is 0 Å². The first-order chi connectivity index (χ1) is 10.0. The molecule has 118 valence electrons. The van der Waals surface area contributed by atoms with Crippen LogP contribution in [0.4, 0.5) is 5.82 Å². The van der Waals surface area contributed by atoms with Crippen LogP contribution in [0.3, 0.4) is 0 Å². The van der Waals surface area contributed by atoms with Crippen LogP contribution in [0.1, 0.15) is 25.4 Å². The molecular formula is C15H26IN5. The van der Waals surface area contributed by atoms with E-state index in [0.29, 0.717) is 6.04 Å². The minimum Gasteiger partial charge on any atom is -0.369 e. The van der Waals surface area contributed by atoms with Crippen LogP contribution in [0, 0.1) is 3.57 Å². The van der Waals surface area contributed by atoms with E-state index >= 15 is 0 Å². The summed E-state index contributed by atoms with van der Waals surface area (Å²) in [6.07, 6.45) is 1.87. The van der Waals surface area contributed by atoms with Crippen LogP contribution in [0.2, 0.25) is 0 Å². The second-order valence-electron chi connectivity index (χ2n) is 5.73. The second kappa shape index (κ2) is 7.69. The van der Waals surface area contributed by atoms with Crippen LogP contribution >= 0.6 is 22.6 Å². The molecule has 1 unspecified atom stereocenters. The zero-order valence-corrected chi connectivity index (χ0v) is 15.6. The largest absolute Gasteiger partial charge is 0.369 e. The highest BCUT2D eigenvalue weighted by Gasteiger charge is 2.24. The zero-order chi connectivity index (χ0) is 15.4. The number of nitrogens with one attached hydrogen (secondary N) is 1. The lowest BCUT2D eigenvalue weighted by Gasteiger charge is -2.37. The molecule has 1 atom stereocenters. The first-order valence-electron chi connectivity index (χ1n) is 7.73. The summed E-state index contributed by atoms with van der Waals surface area (Å²) in [5, 5.41) is 3.37. The van der Waals surface area contributed by atoms with Gasteiger partial charge in [0.25, 0.3) is 0 Å². The minimum atomic E-state index is 0.503. The highest BCUT2D eigenvalue weighted by Crippen LogP contribution is 2.21. The Morgan fingerprint density at radius 3 is 2.67 bits per heavy atom. The molecular weight excluding hydrogens is 377 g/mol. The van der Waals surface area contributed by atoms with Gasteiger partial charge in [0.1, 0.15) is 11.6 Å². The first kappa shape index (κ1) is 16.9. The molecule has 2 rings (SSSR count). The Balaban J connectivity index is 2.20. The van der Waals surface area contributed by atoms with Crippen LogP contribution in [0.25, 0.3) is 0 Å². The number of rotatable bonds is 5. The Kier molecular flexibility index (Phi) is 6.19. The lowest BCUT2D eigenvalue weighted by molar-refractivity contribution is 0.113. The van der Waals surface area contributed by atoms with Crippen molar-refractivity contribution in [2.75, 3.05) is 45.6 Å². The number of hydrogen-bond acceptors (Lipinski definition) is 5. The molecule has 1 aromatic rings. The summed E-state index contributed by atoms with van der Waals surface area (Å²) in [7, 11) is 4.40. The second-order valence-corrected chi connectivity index (χ2v) is 6.81. The van der Waals surface area contributed by atoms with Gasteiger partial charge in [0, 0.05) is 38.6 Å². The minimum absolute atomic E-state index is 0.503. The number of hydrogen-bond donors (Lipinski definition) is 1. The fraction of sp³-hybridized carbons (Fsp3) is 0.733. The summed E-state index contributed by atoms with van der Waals surface area (Å²) in [5.41, 5.74) is 1.16. The predicted molar refractivity (Wildman–Crippen MR) is 95.9 cm³/mol. The molecule has 1 aromatic heterocycles. The standard InChI is InChI=1S/C15H26IN5/c1-5-12-14(16)15(17-6-2)19-13(18-12)9-11-10-20(3)7-8-21(11)4/h11H,5-10H2,1-4H3,(H,17,18,19). The summed E-state index contributed by atoms with van der Waals surface area (Å²) in [5.74, 6) is 1.96. The number of anilines is 1. The molecule has 5 nitrogen and oxygen atoms in total. The van der Waals surface area contributed by atoms with Gasteiger partial charge in [0.15, 0.2) is 0 Å². The van der Waals surface area contributed by atoms with Gasteiger partial charge in [-0.05, 0) is 50.0 Å². The first-order valence-corrected chi connectivity index (χ1v) is 8.80. The molecule has 6 heteroatoms. The van der Waals surface area contributed by atoms with Crippen molar-refractivity contribution in [3.8, 4) is 0 Å². The fourth-order valence-corrected chi connectivity index (χ4v) is 3.50. The third-order valence-electron chi connectivity index (χ3n) is 4.04. The maximum atomic E-state index is 4.78. The molecule has 0 spiro atoms. The van der Waals surface area contributed by atoms with Crippen LogP contribution < -0.4 is 5.32 Å². The Labute approximate surface area is 141 Å². The van der Waals surface area contributed by atoms with E-state index in [9.17, 15) is 0 Å². The Hall–Kier alpha value is -0.470. The molecule has 0 aromatic carbocycles. The normalized spacial score (nSPS) is 20.7. The van der Waals surface area contributed by atoms with E-state index in [1.807, 2.05) is 0 Å². The molecule has 0 aliphatic carbocycles. The third kappa shape index (κ3) is 4.26. The molecule has 0 bridgehead atoms. The van der Waals surface area contributed by atoms with E-state index < -0.39 is 0 Å². The Morgan fingerprint density at radius 2 is 2.00 bits per heavy atom. The summed E-state index contributed by atoms with van der Waals surface area (Å²) in [4.78, 5) is 14.4. The lowest BCUT2D eigenvalue weighted by Crippen LogP contribution is -2.51. The Morgan fingerprint density at radius 1 is 1.24 bits per heavy atom. The van der Waals surface area contributed by atoms with Crippen LogP contribution in [0.5, 0.6) is 0 Å². The number of aryl methyl sites for hydroxylation is 1. The van der Waals surface area contributed by atoms with Gasteiger partial charge >= 0.3 is 0 Å². The molecule has 0 saturated carbocycles. The van der Waals surface area contributed by atoms with Crippen LogP contribution in [-0.4, -0.2) is 66.1 Å². The van der Waals surface area contributed by atoms with Crippen molar-refractivity contribution in [3.63, 3.8) is 0 Å². The van der Waals surface area contributed by atoms with Crippen molar-refractivity contribution in [1.82, 2.24) is 19.8 Å². The highest BCUT2D eigenvalue weighted by atomic mass is 127. The molecule has 1 aliphatic rings.